The largest absolute Gasteiger partial charge is 0.481 e. The molecule has 1 aliphatic heterocycles. The van der Waals surface area contributed by atoms with Gasteiger partial charge in [-0.05, 0) is 25.0 Å². The molecule has 2 aromatic rings. The summed E-state index contributed by atoms with van der Waals surface area (Å²) in [5, 5.41) is 13.7. The zero-order valence-electron chi connectivity index (χ0n) is 12.5. The molecule has 0 aliphatic carbocycles. The number of hydrogen-bond acceptors (Lipinski definition) is 4. The van der Waals surface area contributed by atoms with E-state index >= 15 is 0 Å². The van der Waals surface area contributed by atoms with E-state index < -0.39 is 11.9 Å². The van der Waals surface area contributed by atoms with Crippen molar-refractivity contribution in [2.24, 2.45) is 5.92 Å². The quantitative estimate of drug-likeness (QED) is 0.901. The summed E-state index contributed by atoms with van der Waals surface area (Å²) in [5.74, 6) is -1.56. The van der Waals surface area contributed by atoms with E-state index in [0.29, 0.717) is 30.3 Å². The number of benzene rings is 1. The third-order valence-electron chi connectivity index (χ3n) is 4.17. The summed E-state index contributed by atoms with van der Waals surface area (Å²) in [5.41, 5.74) is 0.411. The monoisotopic (exact) mass is 315 g/mol. The minimum Gasteiger partial charge on any atom is -0.481 e. The molecule has 1 aromatic heterocycles. The molecule has 1 N–H and O–H groups in total. The maximum absolute atomic E-state index is 12.5. The highest BCUT2D eigenvalue weighted by Gasteiger charge is 2.28. The van der Waals surface area contributed by atoms with Gasteiger partial charge in [-0.2, -0.15) is 5.10 Å². The van der Waals surface area contributed by atoms with Gasteiger partial charge < -0.3 is 10.0 Å². The molecule has 3 rings (SSSR count). The van der Waals surface area contributed by atoms with Crippen molar-refractivity contribution in [1.29, 1.82) is 0 Å². The minimum absolute atomic E-state index is 0.00681. The van der Waals surface area contributed by atoms with Crippen LogP contribution < -0.4 is 5.43 Å². The fourth-order valence-electron chi connectivity index (χ4n) is 2.92. The highest BCUT2D eigenvalue weighted by atomic mass is 16.4. The number of fused-ring (bicyclic) bond motifs is 1. The highest BCUT2D eigenvalue weighted by Crippen LogP contribution is 2.17. The zero-order valence-corrected chi connectivity index (χ0v) is 12.5. The number of rotatable bonds is 3. The van der Waals surface area contributed by atoms with Crippen LogP contribution in [0.1, 0.15) is 12.8 Å². The van der Waals surface area contributed by atoms with Crippen molar-refractivity contribution in [2.45, 2.75) is 19.4 Å². The summed E-state index contributed by atoms with van der Waals surface area (Å²) in [6, 6.07) is 6.98. The molecular formula is C16H17N3O4. The van der Waals surface area contributed by atoms with Gasteiger partial charge in [0.1, 0.15) is 6.54 Å². The summed E-state index contributed by atoms with van der Waals surface area (Å²) in [6.45, 7) is 0.778. The first-order chi connectivity index (χ1) is 11.1. The third kappa shape index (κ3) is 3.08. The van der Waals surface area contributed by atoms with Crippen molar-refractivity contribution in [3.63, 3.8) is 0 Å². The summed E-state index contributed by atoms with van der Waals surface area (Å²) < 4.78 is 1.49. The second kappa shape index (κ2) is 6.20. The van der Waals surface area contributed by atoms with Crippen LogP contribution in [0.3, 0.4) is 0 Å². The predicted octanol–water partition coefficient (Wildman–Crippen LogP) is 0.720. The average Bonchev–Trinajstić information content (AvgIpc) is 2.57. The van der Waals surface area contributed by atoms with Crippen LogP contribution in [0.5, 0.6) is 0 Å². The van der Waals surface area contributed by atoms with Crippen molar-refractivity contribution < 1.29 is 14.7 Å². The van der Waals surface area contributed by atoms with Gasteiger partial charge in [0.25, 0.3) is 0 Å². The lowest BCUT2D eigenvalue weighted by Crippen LogP contribution is -2.43. The number of amides is 1. The van der Waals surface area contributed by atoms with Gasteiger partial charge in [0.05, 0.1) is 17.6 Å². The molecule has 1 atom stereocenters. The Bertz CT molecular complexity index is 814. The molecular weight excluding hydrogens is 298 g/mol. The van der Waals surface area contributed by atoms with E-state index in [4.69, 9.17) is 5.11 Å². The first-order valence-electron chi connectivity index (χ1n) is 7.51. The van der Waals surface area contributed by atoms with Gasteiger partial charge in [-0.25, -0.2) is 0 Å². The number of carbonyl (C=O) groups is 2. The Morgan fingerprint density at radius 3 is 2.87 bits per heavy atom. The first kappa shape index (κ1) is 15.2. The first-order valence-corrected chi connectivity index (χ1v) is 7.51. The van der Waals surface area contributed by atoms with Crippen LogP contribution >= 0.6 is 0 Å². The molecule has 1 aromatic carbocycles. The molecule has 7 heteroatoms. The smallest absolute Gasteiger partial charge is 0.308 e. The molecule has 1 saturated heterocycles. The number of hydrogen-bond donors (Lipinski definition) is 1. The number of likely N-dealkylation sites (tertiary alicyclic amines) is 1. The van der Waals surface area contributed by atoms with Crippen LogP contribution in [-0.2, 0) is 16.1 Å². The lowest BCUT2D eigenvalue weighted by molar-refractivity contribution is -0.145. The van der Waals surface area contributed by atoms with Crippen LogP contribution in [-0.4, -0.2) is 44.8 Å². The Morgan fingerprint density at radius 2 is 2.09 bits per heavy atom. The summed E-state index contributed by atoms with van der Waals surface area (Å²) >= 11 is 0. The predicted molar refractivity (Wildman–Crippen MR) is 82.9 cm³/mol. The van der Waals surface area contributed by atoms with Gasteiger partial charge in [-0.3, -0.25) is 19.1 Å². The van der Waals surface area contributed by atoms with Gasteiger partial charge in [-0.1, -0.05) is 12.1 Å². The fourth-order valence-corrected chi connectivity index (χ4v) is 2.92. The van der Waals surface area contributed by atoms with Crippen LogP contribution in [0, 0.1) is 5.92 Å². The Balaban J connectivity index is 1.82. The molecule has 7 nitrogen and oxygen atoms in total. The summed E-state index contributed by atoms with van der Waals surface area (Å²) in [6.07, 6.45) is 2.48. The number of aromatic nitrogens is 2. The standard InChI is InChI=1S/C16H17N3O4/c20-14-8-17-19(13-6-2-1-5-12(13)14)10-15(21)18-7-3-4-11(9-18)16(22)23/h1-2,5-6,8,11H,3-4,7,9-10H2,(H,22,23)/t11-/m0/s1. The van der Waals surface area contributed by atoms with Gasteiger partial charge in [0.15, 0.2) is 0 Å². The van der Waals surface area contributed by atoms with Crippen LogP contribution in [0.15, 0.2) is 35.3 Å². The van der Waals surface area contributed by atoms with Gasteiger partial charge in [0, 0.05) is 18.5 Å². The molecule has 1 fully saturated rings. The molecule has 1 amide bonds. The van der Waals surface area contributed by atoms with E-state index in [1.807, 2.05) is 0 Å². The third-order valence-corrected chi connectivity index (χ3v) is 4.17. The summed E-state index contributed by atoms with van der Waals surface area (Å²) in [7, 11) is 0. The second-order valence-corrected chi connectivity index (χ2v) is 5.70. The lowest BCUT2D eigenvalue weighted by atomic mass is 9.98. The molecule has 0 unspecified atom stereocenters. The number of para-hydroxylation sites is 1. The lowest BCUT2D eigenvalue weighted by Gasteiger charge is -2.30. The van der Waals surface area contributed by atoms with Crippen molar-refractivity contribution in [2.75, 3.05) is 13.1 Å². The fraction of sp³-hybridized carbons (Fsp3) is 0.375. The summed E-state index contributed by atoms with van der Waals surface area (Å²) in [4.78, 5) is 36.9. The van der Waals surface area contributed by atoms with E-state index in [1.54, 1.807) is 29.2 Å². The van der Waals surface area contributed by atoms with Crippen molar-refractivity contribution in [1.82, 2.24) is 14.7 Å². The number of aliphatic carboxylic acids is 1. The minimum atomic E-state index is -0.866. The SMILES string of the molecule is O=C(O)[C@H]1CCCN(C(=O)Cn2ncc(=O)c3ccccc32)C1. The number of piperidine rings is 1. The molecule has 0 saturated carbocycles. The van der Waals surface area contributed by atoms with E-state index in [-0.39, 0.29) is 24.4 Å². The van der Waals surface area contributed by atoms with E-state index in [9.17, 15) is 14.4 Å². The van der Waals surface area contributed by atoms with Crippen molar-refractivity contribution >= 4 is 22.8 Å². The number of carbonyl (C=O) groups excluding carboxylic acids is 1. The Kier molecular flexibility index (Phi) is 4.10. The second-order valence-electron chi connectivity index (χ2n) is 5.70. The number of nitrogens with zero attached hydrogens (tertiary/aromatic N) is 3. The molecule has 0 bridgehead atoms. The molecule has 0 spiro atoms. The van der Waals surface area contributed by atoms with Crippen molar-refractivity contribution in [3.8, 4) is 0 Å². The molecule has 2 heterocycles. The van der Waals surface area contributed by atoms with E-state index in [0.717, 1.165) is 0 Å². The molecule has 0 radical (unpaired) electrons. The number of carboxylic acid groups (broad SMARTS) is 1. The van der Waals surface area contributed by atoms with Gasteiger partial charge >= 0.3 is 5.97 Å². The van der Waals surface area contributed by atoms with E-state index in [2.05, 4.69) is 5.10 Å². The topological polar surface area (TPSA) is 92.5 Å². The average molecular weight is 315 g/mol. The normalized spacial score (nSPS) is 18.1. The van der Waals surface area contributed by atoms with Gasteiger partial charge in [-0.15, -0.1) is 0 Å². The maximum atomic E-state index is 12.5. The van der Waals surface area contributed by atoms with Crippen molar-refractivity contribution in [3.05, 3.63) is 40.7 Å². The van der Waals surface area contributed by atoms with Crippen LogP contribution in [0.2, 0.25) is 0 Å². The maximum Gasteiger partial charge on any atom is 0.308 e. The number of carboxylic acids is 1. The molecule has 23 heavy (non-hydrogen) atoms. The zero-order chi connectivity index (χ0) is 16.4. The van der Waals surface area contributed by atoms with Crippen LogP contribution in [0.25, 0.3) is 10.9 Å². The Hall–Kier alpha value is -2.70. The molecule has 120 valence electrons. The molecule has 1 aliphatic rings. The van der Waals surface area contributed by atoms with E-state index in [1.165, 1.54) is 10.9 Å². The van der Waals surface area contributed by atoms with Gasteiger partial charge in [0.2, 0.25) is 11.3 Å². The Morgan fingerprint density at radius 1 is 1.30 bits per heavy atom. The highest BCUT2D eigenvalue weighted by molar-refractivity contribution is 5.82. The Labute approximate surface area is 132 Å². The van der Waals surface area contributed by atoms with Crippen LogP contribution in [0.4, 0.5) is 0 Å².